The number of ether oxygens (including phenoxy) is 1. The maximum Gasteiger partial charge on any atom is 0.214 e. The Bertz CT molecular complexity index is 625. The van der Waals surface area contributed by atoms with Crippen molar-refractivity contribution >= 4 is 22.5 Å². The van der Waals surface area contributed by atoms with E-state index < -0.39 is 0 Å². The predicted octanol–water partition coefficient (Wildman–Crippen LogP) is 4.06. The van der Waals surface area contributed by atoms with Gasteiger partial charge >= 0.3 is 0 Å². The van der Waals surface area contributed by atoms with Crippen LogP contribution in [0.4, 0.5) is 0 Å². The van der Waals surface area contributed by atoms with Crippen molar-refractivity contribution in [1.82, 2.24) is 9.88 Å². The minimum Gasteiger partial charge on any atom is -0.478 e. The summed E-state index contributed by atoms with van der Waals surface area (Å²) >= 11 is 6.22. The zero-order valence-electron chi connectivity index (χ0n) is 12.4. The minimum atomic E-state index is 0.680. The van der Waals surface area contributed by atoms with Crippen LogP contribution in [0.5, 0.6) is 5.88 Å². The topological polar surface area (TPSA) is 25.1 Å². The smallest absolute Gasteiger partial charge is 0.214 e. The van der Waals surface area contributed by atoms with E-state index in [-0.39, 0.29) is 0 Å². The zero-order valence-corrected chi connectivity index (χ0v) is 13.2. The normalized spacial score (nSPS) is 14.6. The van der Waals surface area contributed by atoms with Gasteiger partial charge < -0.3 is 9.64 Å². The van der Waals surface area contributed by atoms with Crippen molar-refractivity contribution in [2.45, 2.75) is 26.2 Å². The van der Waals surface area contributed by atoms with Gasteiger partial charge in [-0.05, 0) is 44.4 Å². The Labute approximate surface area is 130 Å². The molecule has 0 bridgehead atoms. The Morgan fingerprint density at radius 3 is 2.90 bits per heavy atom. The van der Waals surface area contributed by atoms with Gasteiger partial charge in [0.2, 0.25) is 5.88 Å². The van der Waals surface area contributed by atoms with Gasteiger partial charge in [0.25, 0.3) is 0 Å². The molecule has 0 atom stereocenters. The maximum absolute atomic E-state index is 6.22. The van der Waals surface area contributed by atoms with Gasteiger partial charge in [-0.15, -0.1) is 0 Å². The highest BCUT2D eigenvalue weighted by Gasteiger charge is 2.15. The second kappa shape index (κ2) is 6.63. The average Bonchev–Trinajstić information content (AvgIpc) is 3.28. The molecular formula is C17H21ClN2O. The SMILES string of the molecule is Cc1cc(OCCCCCN2CC2)nc2c(Cl)cccc12. The van der Waals surface area contributed by atoms with Crippen LogP contribution in [-0.4, -0.2) is 36.1 Å². The molecule has 112 valence electrons. The lowest BCUT2D eigenvalue weighted by Gasteiger charge is -2.09. The molecule has 0 amide bonds. The van der Waals surface area contributed by atoms with Crippen LogP contribution in [0.2, 0.25) is 5.02 Å². The number of aryl methyl sites for hydroxylation is 1. The van der Waals surface area contributed by atoms with Crippen LogP contribution >= 0.6 is 11.6 Å². The molecule has 2 aromatic rings. The molecule has 2 heterocycles. The standard InChI is InChI=1S/C17H21ClN2O/c1-13-12-16(19-17-14(13)6-5-7-15(17)18)21-11-4-2-3-8-20-9-10-20/h5-7,12H,2-4,8-11H2,1H3. The first-order chi connectivity index (χ1) is 10.2. The minimum absolute atomic E-state index is 0.680. The van der Waals surface area contributed by atoms with Gasteiger partial charge in [0.05, 0.1) is 17.1 Å². The number of nitrogens with zero attached hydrogens (tertiary/aromatic N) is 2. The summed E-state index contributed by atoms with van der Waals surface area (Å²) in [5.41, 5.74) is 1.98. The molecule has 1 aromatic carbocycles. The molecule has 0 aliphatic carbocycles. The molecule has 1 fully saturated rings. The summed E-state index contributed by atoms with van der Waals surface area (Å²) in [6.07, 6.45) is 3.55. The van der Waals surface area contributed by atoms with Crippen molar-refractivity contribution in [3.05, 3.63) is 34.9 Å². The third-order valence-corrected chi connectivity index (χ3v) is 4.19. The Morgan fingerprint density at radius 2 is 2.10 bits per heavy atom. The number of fused-ring (bicyclic) bond motifs is 1. The van der Waals surface area contributed by atoms with Gasteiger partial charge in [-0.2, -0.15) is 0 Å². The maximum atomic E-state index is 6.22. The molecule has 0 N–H and O–H groups in total. The fraction of sp³-hybridized carbons (Fsp3) is 0.471. The van der Waals surface area contributed by atoms with E-state index in [0.29, 0.717) is 10.9 Å². The number of hydrogen-bond donors (Lipinski definition) is 0. The number of pyridine rings is 1. The summed E-state index contributed by atoms with van der Waals surface area (Å²) < 4.78 is 5.79. The molecule has 1 aromatic heterocycles. The molecular weight excluding hydrogens is 284 g/mol. The molecule has 21 heavy (non-hydrogen) atoms. The lowest BCUT2D eigenvalue weighted by molar-refractivity contribution is 0.293. The Hall–Kier alpha value is -1.32. The van der Waals surface area contributed by atoms with E-state index in [4.69, 9.17) is 16.3 Å². The third kappa shape index (κ3) is 3.86. The molecule has 1 saturated heterocycles. The summed E-state index contributed by atoms with van der Waals surface area (Å²) in [4.78, 5) is 6.98. The molecule has 1 aliphatic rings. The predicted molar refractivity (Wildman–Crippen MR) is 87.3 cm³/mol. The van der Waals surface area contributed by atoms with Gasteiger partial charge in [-0.1, -0.05) is 23.7 Å². The monoisotopic (exact) mass is 304 g/mol. The summed E-state index contributed by atoms with van der Waals surface area (Å²) in [6, 6.07) is 7.86. The molecule has 3 rings (SSSR count). The summed E-state index contributed by atoms with van der Waals surface area (Å²) in [5.74, 6) is 0.680. The quantitative estimate of drug-likeness (QED) is 0.569. The van der Waals surface area contributed by atoms with Crippen molar-refractivity contribution in [3.63, 3.8) is 0 Å². The summed E-state index contributed by atoms with van der Waals surface area (Å²) in [6.45, 7) is 6.61. The van der Waals surface area contributed by atoms with Crippen LogP contribution in [-0.2, 0) is 0 Å². The van der Waals surface area contributed by atoms with Gasteiger partial charge in [-0.3, -0.25) is 0 Å². The molecule has 3 nitrogen and oxygen atoms in total. The lowest BCUT2D eigenvalue weighted by Crippen LogP contribution is -2.03. The van der Waals surface area contributed by atoms with E-state index >= 15 is 0 Å². The van der Waals surface area contributed by atoms with Crippen LogP contribution in [0.3, 0.4) is 0 Å². The van der Waals surface area contributed by atoms with Gasteiger partial charge in [0, 0.05) is 24.5 Å². The average molecular weight is 305 g/mol. The molecule has 1 aliphatic heterocycles. The number of benzene rings is 1. The molecule has 0 radical (unpaired) electrons. The Morgan fingerprint density at radius 1 is 1.24 bits per heavy atom. The van der Waals surface area contributed by atoms with E-state index in [9.17, 15) is 0 Å². The zero-order chi connectivity index (χ0) is 14.7. The van der Waals surface area contributed by atoms with E-state index in [0.717, 1.165) is 29.5 Å². The van der Waals surface area contributed by atoms with Crippen molar-refractivity contribution in [1.29, 1.82) is 0 Å². The van der Waals surface area contributed by atoms with Crippen LogP contribution < -0.4 is 4.74 Å². The highest BCUT2D eigenvalue weighted by molar-refractivity contribution is 6.35. The van der Waals surface area contributed by atoms with Crippen molar-refractivity contribution in [2.75, 3.05) is 26.2 Å². The van der Waals surface area contributed by atoms with Gasteiger partial charge in [0.1, 0.15) is 0 Å². The van der Waals surface area contributed by atoms with Gasteiger partial charge in [-0.25, -0.2) is 4.98 Å². The van der Waals surface area contributed by atoms with Crippen LogP contribution in [0, 0.1) is 6.92 Å². The van der Waals surface area contributed by atoms with E-state index in [2.05, 4.69) is 16.8 Å². The molecule has 4 heteroatoms. The molecule has 0 unspecified atom stereocenters. The Balaban J connectivity index is 1.55. The van der Waals surface area contributed by atoms with E-state index in [1.54, 1.807) is 0 Å². The fourth-order valence-corrected chi connectivity index (χ4v) is 2.73. The number of para-hydroxylation sites is 1. The van der Waals surface area contributed by atoms with Crippen LogP contribution in [0.15, 0.2) is 24.3 Å². The van der Waals surface area contributed by atoms with Crippen LogP contribution in [0.1, 0.15) is 24.8 Å². The molecule has 0 saturated carbocycles. The highest BCUT2D eigenvalue weighted by Crippen LogP contribution is 2.27. The fourth-order valence-electron chi connectivity index (χ4n) is 2.51. The van der Waals surface area contributed by atoms with Crippen molar-refractivity contribution < 1.29 is 4.74 Å². The second-order valence-corrected chi connectivity index (χ2v) is 6.07. The third-order valence-electron chi connectivity index (χ3n) is 3.88. The number of halogens is 1. The molecule has 0 spiro atoms. The number of hydrogen-bond acceptors (Lipinski definition) is 3. The number of unbranched alkanes of at least 4 members (excludes halogenated alkanes) is 2. The lowest BCUT2D eigenvalue weighted by atomic mass is 10.1. The first-order valence-electron chi connectivity index (χ1n) is 7.65. The highest BCUT2D eigenvalue weighted by atomic mass is 35.5. The van der Waals surface area contributed by atoms with Crippen LogP contribution in [0.25, 0.3) is 10.9 Å². The first kappa shape index (κ1) is 14.6. The van der Waals surface area contributed by atoms with E-state index in [1.165, 1.54) is 32.5 Å². The van der Waals surface area contributed by atoms with Gasteiger partial charge in [0.15, 0.2) is 0 Å². The first-order valence-corrected chi connectivity index (χ1v) is 8.03. The van der Waals surface area contributed by atoms with Crippen molar-refractivity contribution in [3.8, 4) is 5.88 Å². The second-order valence-electron chi connectivity index (χ2n) is 5.66. The van der Waals surface area contributed by atoms with E-state index in [1.807, 2.05) is 24.3 Å². The number of aromatic nitrogens is 1. The largest absolute Gasteiger partial charge is 0.478 e. The Kier molecular flexibility index (Phi) is 4.61. The summed E-state index contributed by atoms with van der Waals surface area (Å²) in [5, 5.41) is 1.77. The van der Waals surface area contributed by atoms with Crippen molar-refractivity contribution in [2.24, 2.45) is 0 Å². The summed E-state index contributed by atoms with van der Waals surface area (Å²) in [7, 11) is 0. The number of rotatable bonds is 7.